The van der Waals surface area contributed by atoms with E-state index in [0.29, 0.717) is 18.8 Å². The number of carbonyl (C=O) groups excluding carboxylic acids is 1. The maximum Gasteiger partial charge on any atom is 0.344 e. The molecule has 8 nitrogen and oxygen atoms in total. The van der Waals surface area contributed by atoms with Crippen molar-refractivity contribution in [3.8, 4) is 0 Å². The molecule has 9 heteroatoms. The third kappa shape index (κ3) is 2.29. The molecule has 0 saturated carbocycles. The zero-order valence-electron chi connectivity index (χ0n) is 13.6. The number of halogens is 1. The van der Waals surface area contributed by atoms with Gasteiger partial charge in [0.2, 0.25) is 11.6 Å². The number of rotatable bonds is 3. The summed E-state index contributed by atoms with van der Waals surface area (Å²) < 4.78 is 20.2. The van der Waals surface area contributed by atoms with Crippen molar-refractivity contribution in [2.45, 2.75) is 24.6 Å². The lowest BCUT2D eigenvalue weighted by Gasteiger charge is -2.43. The molecule has 3 aliphatic rings. The van der Waals surface area contributed by atoms with Gasteiger partial charge in [-0.05, 0) is 12.8 Å². The molecule has 3 saturated heterocycles. The van der Waals surface area contributed by atoms with Crippen LogP contribution in [0.3, 0.4) is 0 Å². The number of carboxylic acid groups (broad SMARTS) is 1. The second kappa shape index (κ2) is 5.62. The first-order valence-corrected chi connectivity index (χ1v) is 8.28. The zero-order valence-corrected chi connectivity index (χ0v) is 13.6. The minimum atomic E-state index is -2.46. The van der Waals surface area contributed by atoms with Gasteiger partial charge in [0, 0.05) is 25.5 Å². The Balaban J connectivity index is 1.56. The Labute approximate surface area is 143 Å². The molecule has 25 heavy (non-hydrogen) atoms. The van der Waals surface area contributed by atoms with E-state index in [1.165, 1.54) is 4.90 Å². The highest BCUT2D eigenvalue weighted by Gasteiger charge is 2.68. The molecule has 3 fully saturated rings. The molecule has 2 atom stereocenters. The van der Waals surface area contributed by atoms with Gasteiger partial charge in [0.05, 0.1) is 31.4 Å². The van der Waals surface area contributed by atoms with Gasteiger partial charge in [-0.2, -0.15) is 0 Å². The lowest BCUT2D eigenvalue weighted by molar-refractivity contribution is -0.192. The fourth-order valence-electron chi connectivity index (χ4n) is 4.04. The molecule has 0 aromatic carbocycles. The predicted octanol–water partition coefficient (Wildman–Crippen LogP) is 0.0971. The van der Waals surface area contributed by atoms with Gasteiger partial charge in [0.15, 0.2) is 0 Å². The monoisotopic (exact) mass is 350 g/mol. The van der Waals surface area contributed by atoms with Gasteiger partial charge < -0.3 is 19.6 Å². The molecule has 1 N–H and O–H groups in total. The fraction of sp³-hybridized carbons (Fsp3) is 0.625. The lowest BCUT2D eigenvalue weighted by Crippen LogP contribution is -2.60. The number of alkyl halides is 1. The molecule has 1 aromatic rings. The lowest BCUT2D eigenvalue weighted by atomic mass is 9.74. The average Bonchev–Trinajstić information content (AvgIpc) is 3.18. The number of likely N-dealkylation sites (tertiary alicyclic amines) is 1. The van der Waals surface area contributed by atoms with Crippen LogP contribution in [0.4, 0.5) is 10.2 Å². The summed E-state index contributed by atoms with van der Waals surface area (Å²) in [5.41, 5.74) is -3.60. The van der Waals surface area contributed by atoms with Crippen LogP contribution in [0.15, 0.2) is 18.6 Å². The summed E-state index contributed by atoms with van der Waals surface area (Å²) in [5, 5.41) is 9.37. The fourth-order valence-corrected chi connectivity index (χ4v) is 4.04. The Morgan fingerprint density at radius 3 is 2.68 bits per heavy atom. The highest BCUT2D eigenvalue weighted by Crippen LogP contribution is 2.48. The molecule has 1 amide bonds. The Hall–Kier alpha value is -2.29. The second-order valence-corrected chi connectivity index (χ2v) is 6.99. The van der Waals surface area contributed by atoms with Crippen molar-refractivity contribution >= 4 is 17.7 Å². The maximum absolute atomic E-state index is 15.1. The highest BCUT2D eigenvalue weighted by molar-refractivity contribution is 5.88. The molecule has 1 spiro atoms. The number of ether oxygens (including phenoxy) is 1. The van der Waals surface area contributed by atoms with Crippen LogP contribution >= 0.6 is 0 Å². The van der Waals surface area contributed by atoms with Crippen LogP contribution in [0.25, 0.3) is 0 Å². The molecule has 3 aliphatic heterocycles. The van der Waals surface area contributed by atoms with Gasteiger partial charge in [0.1, 0.15) is 11.9 Å². The van der Waals surface area contributed by atoms with Gasteiger partial charge in [-0.3, -0.25) is 9.78 Å². The Morgan fingerprint density at radius 2 is 2.12 bits per heavy atom. The average molecular weight is 350 g/mol. The van der Waals surface area contributed by atoms with E-state index in [2.05, 4.69) is 9.97 Å². The number of nitrogens with zero attached hydrogens (tertiary/aromatic N) is 4. The summed E-state index contributed by atoms with van der Waals surface area (Å²) in [7, 11) is 0. The van der Waals surface area contributed by atoms with E-state index >= 15 is 4.39 Å². The highest BCUT2D eigenvalue weighted by atomic mass is 19.1. The molecule has 1 aromatic heterocycles. The predicted molar refractivity (Wildman–Crippen MR) is 83.7 cm³/mol. The normalized spacial score (nSPS) is 30.5. The molecule has 2 unspecified atom stereocenters. The quantitative estimate of drug-likeness (QED) is 0.826. The van der Waals surface area contributed by atoms with Gasteiger partial charge in [-0.25, -0.2) is 14.2 Å². The molecule has 4 rings (SSSR count). The molecular weight excluding hydrogens is 331 g/mol. The second-order valence-electron chi connectivity index (χ2n) is 6.99. The summed E-state index contributed by atoms with van der Waals surface area (Å²) in [6, 6.07) is -0.467. The van der Waals surface area contributed by atoms with Crippen molar-refractivity contribution in [3.05, 3.63) is 18.6 Å². The maximum atomic E-state index is 15.1. The van der Waals surface area contributed by atoms with E-state index in [-0.39, 0.29) is 25.7 Å². The van der Waals surface area contributed by atoms with Gasteiger partial charge in [-0.1, -0.05) is 0 Å². The topological polar surface area (TPSA) is 95.9 Å². The standard InChI is InChI=1S/C16H19FN4O4/c17-16(14(23)24)8-20(7-15(16)9-25-10-15)13(22)11-2-1-5-21(11)12-6-18-3-4-19-12/h3-4,6,11H,1-2,5,7-10H2,(H,23,24). The van der Waals surface area contributed by atoms with Crippen LogP contribution < -0.4 is 4.90 Å². The van der Waals surface area contributed by atoms with Gasteiger partial charge in [0.25, 0.3) is 0 Å². The number of carboxylic acids is 1. The minimum Gasteiger partial charge on any atom is -0.479 e. The largest absolute Gasteiger partial charge is 0.479 e. The Morgan fingerprint density at radius 1 is 1.32 bits per heavy atom. The number of aromatic nitrogens is 2. The minimum absolute atomic E-state index is 0.0259. The molecular formula is C16H19FN4O4. The van der Waals surface area contributed by atoms with Crippen LogP contribution in [0.1, 0.15) is 12.8 Å². The summed E-state index contributed by atoms with van der Waals surface area (Å²) >= 11 is 0. The van der Waals surface area contributed by atoms with Crippen molar-refractivity contribution in [2.75, 3.05) is 37.7 Å². The first-order valence-electron chi connectivity index (χ1n) is 8.28. The number of hydrogen-bond acceptors (Lipinski definition) is 6. The number of hydrogen-bond donors (Lipinski definition) is 1. The third-order valence-corrected chi connectivity index (χ3v) is 5.53. The SMILES string of the molecule is O=C(C1CCCN1c1cnccn1)N1CC2(COC2)C(F)(C(=O)O)C1. The van der Waals surface area contributed by atoms with E-state index in [0.717, 1.165) is 6.42 Å². The van der Waals surface area contributed by atoms with Crippen LogP contribution in [-0.2, 0) is 14.3 Å². The van der Waals surface area contributed by atoms with E-state index in [4.69, 9.17) is 4.74 Å². The molecule has 0 bridgehead atoms. The van der Waals surface area contributed by atoms with Crippen LogP contribution in [0.2, 0.25) is 0 Å². The van der Waals surface area contributed by atoms with E-state index in [9.17, 15) is 14.7 Å². The van der Waals surface area contributed by atoms with Crippen molar-refractivity contribution in [1.29, 1.82) is 0 Å². The third-order valence-electron chi connectivity index (χ3n) is 5.53. The van der Waals surface area contributed by atoms with Crippen molar-refractivity contribution in [1.82, 2.24) is 14.9 Å². The number of aliphatic carboxylic acids is 1. The van der Waals surface area contributed by atoms with Gasteiger partial charge in [-0.15, -0.1) is 0 Å². The number of carbonyl (C=O) groups is 2. The van der Waals surface area contributed by atoms with Gasteiger partial charge >= 0.3 is 5.97 Å². The smallest absolute Gasteiger partial charge is 0.344 e. The summed E-state index contributed by atoms with van der Waals surface area (Å²) in [5.74, 6) is -1.18. The Bertz CT molecular complexity index is 699. The molecule has 4 heterocycles. The van der Waals surface area contributed by atoms with E-state index in [1.807, 2.05) is 4.90 Å². The first kappa shape index (κ1) is 16.2. The number of amides is 1. The van der Waals surface area contributed by atoms with Crippen LogP contribution in [-0.4, -0.2) is 76.4 Å². The first-order chi connectivity index (χ1) is 12.0. The van der Waals surface area contributed by atoms with E-state index in [1.54, 1.807) is 18.6 Å². The molecule has 134 valence electrons. The molecule has 0 aliphatic carbocycles. The van der Waals surface area contributed by atoms with Crippen molar-refractivity contribution < 1.29 is 23.8 Å². The van der Waals surface area contributed by atoms with Crippen molar-refractivity contribution in [2.24, 2.45) is 5.41 Å². The summed E-state index contributed by atoms with van der Waals surface area (Å²) in [4.78, 5) is 36.0. The van der Waals surface area contributed by atoms with Crippen LogP contribution in [0.5, 0.6) is 0 Å². The number of anilines is 1. The zero-order chi connectivity index (χ0) is 17.7. The Kier molecular flexibility index (Phi) is 3.64. The summed E-state index contributed by atoms with van der Waals surface area (Å²) in [6.07, 6.45) is 6.15. The van der Waals surface area contributed by atoms with Crippen LogP contribution in [0, 0.1) is 5.41 Å². The van der Waals surface area contributed by atoms with Crippen molar-refractivity contribution in [3.63, 3.8) is 0 Å². The van der Waals surface area contributed by atoms with E-state index < -0.39 is 29.6 Å². The summed E-state index contributed by atoms with van der Waals surface area (Å²) in [6.45, 7) is 0.349. The molecule has 0 radical (unpaired) electrons.